The van der Waals surface area contributed by atoms with Crippen molar-refractivity contribution >= 4 is 17.6 Å². The first-order valence-electron chi connectivity index (χ1n) is 5.43. The zero-order chi connectivity index (χ0) is 14.5. The van der Waals surface area contributed by atoms with Crippen LogP contribution in [0.1, 0.15) is 6.92 Å². The molecule has 108 valence electrons. The van der Waals surface area contributed by atoms with Crippen LogP contribution in [0.3, 0.4) is 0 Å². The Morgan fingerprint density at radius 1 is 1.58 bits per heavy atom. The SMILES string of the molecule is CCOC(=O)CN(Cn1cc(Cl)cn1)CC(F)(F)F. The van der Waals surface area contributed by atoms with Gasteiger partial charge in [-0.15, -0.1) is 0 Å². The van der Waals surface area contributed by atoms with Crippen LogP contribution in [0.25, 0.3) is 0 Å². The molecule has 0 aliphatic rings. The molecule has 0 saturated heterocycles. The third-order valence-corrected chi connectivity index (χ3v) is 2.20. The summed E-state index contributed by atoms with van der Waals surface area (Å²) in [5, 5.41) is 4.07. The summed E-state index contributed by atoms with van der Waals surface area (Å²) in [4.78, 5) is 12.1. The van der Waals surface area contributed by atoms with E-state index in [1.807, 2.05) is 0 Å². The van der Waals surface area contributed by atoms with Gasteiger partial charge in [-0.05, 0) is 6.92 Å². The predicted octanol–water partition coefficient (Wildman–Crippen LogP) is 1.92. The van der Waals surface area contributed by atoms with Crippen molar-refractivity contribution in [1.82, 2.24) is 14.7 Å². The number of carbonyl (C=O) groups is 1. The van der Waals surface area contributed by atoms with Crippen molar-refractivity contribution in [3.8, 4) is 0 Å². The smallest absolute Gasteiger partial charge is 0.401 e. The molecule has 0 radical (unpaired) electrons. The van der Waals surface area contributed by atoms with Gasteiger partial charge >= 0.3 is 12.1 Å². The fourth-order valence-corrected chi connectivity index (χ4v) is 1.58. The van der Waals surface area contributed by atoms with Gasteiger partial charge in [-0.25, -0.2) is 0 Å². The van der Waals surface area contributed by atoms with Gasteiger partial charge in [0.05, 0.1) is 37.6 Å². The normalized spacial score (nSPS) is 11.9. The van der Waals surface area contributed by atoms with Crippen molar-refractivity contribution in [2.45, 2.75) is 19.8 Å². The molecule has 0 atom stereocenters. The Hall–Kier alpha value is -1.28. The van der Waals surface area contributed by atoms with Crippen molar-refractivity contribution in [2.24, 2.45) is 0 Å². The Bertz CT molecular complexity index is 422. The fourth-order valence-electron chi connectivity index (χ4n) is 1.42. The number of ether oxygens (including phenoxy) is 1. The van der Waals surface area contributed by atoms with Gasteiger partial charge < -0.3 is 4.74 Å². The molecular weight excluding hydrogens is 287 g/mol. The Balaban J connectivity index is 2.66. The monoisotopic (exact) mass is 299 g/mol. The second-order valence-corrected chi connectivity index (χ2v) is 4.18. The van der Waals surface area contributed by atoms with Gasteiger partial charge in [-0.1, -0.05) is 11.6 Å². The number of halogens is 4. The minimum atomic E-state index is -4.41. The number of carbonyl (C=O) groups excluding carboxylic acids is 1. The van der Waals surface area contributed by atoms with Crippen LogP contribution < -0.4 is 0 Å². The van der Waals surface area contributed by atoms with Gasteiger partial charge in [0.2, 0.25) is 0 Å². The minimum absolute atomic E-state index is 0.117. The molecule has 0 aliphatic carbocycles. The summed E-state index contributed by atoms with van der Waals surface area (Å²) in [7, 11) is 0. The van der Waals surface area contributed by atoms with Crippen LogP contribution in [0.5, 0.6) is 0 Å². The summed E-state index contributed by atoms with van der Waals surface area (Å²) in [6, 6.07) is 0. The van der Waals surface area contributed by atoms with E-state index in [2.05, 4.69) is 9.84 Å². The Labute approximate surface area is 112 Å². The highest BCUT2D eigenvalue weighted by Crippen LogP contribution is 2.17. The van der Waals surface area contributed by atoms with Gasteiger partial charge in [0.25, 0.3) is 0 Å². The van der Waals surface area contributed by atoms with Gasteiger partial charge in [0.15, 0.2) is 0 Å². The number of nitrogens with zero attached hydrogens (tertiary/aromatic N) is 3. The molecule has 0 fully saturated rings. The number of alkyl halides is 3. The molecule has 5 nitrogen and oxygen atoms in total. The largest absolute Gasteiger partial charge is 0.465 e. The lowest BCUT2D eigenvalue weighted by Gasteiger charge is -2.22. The molecule has 0 aromatic carbocycles. The molecule has 1 aromatic rings. The van der Waals surface area contributed by atoms with Crippen molar-refractivity contribution in [3.63, 3.8) is 0 Å². The maximum atomic E-state index is 12.4. The van der Waals surface area contributed by atoms with Crippen LogP contribution in [-0.2, 0) is 16.2 Å². The molecule has 0 aliphatic heterocycles. The lowest BCUT2D eigenvalue weighted by atomic mass is 10.5. The van der Waals surface area contributed by atoms with E-state index in [1.54, 1.807) is 6.92 Å². The Morgan fingerprint density at radius 2 is 2.26 bits per heavy atom. The lowest BCUT2D eigenvalue weighted by molar-refractivity contribution is -0.159. The first-order chi connectivity index (χ1) is 8.80. The van der Waals surface area contributed by atoms with Crippen molar-refractivity contribution in [2.75, 3.05) is 19.7 Å². The molecule has 1 aromatic heterocycles. The van der Waals surface area contributed by atoms with Crippen molar-refractivity contribution < 1.29 is 22.7 Å². The van der Waals surface area contributed by atoms with E-state index < -0.39 is 25.2 Å². The van der Waals surface area contributed by atoms with Crippen LogP contribution in [-0.4, -0.2) is 46.5 Å². The number of hydrogen-bond donors (Lipinski definition) is 0. The average Bonchev–Trinajstić information content (AvgIpc) is 2.61. The highest BCUT2D eigenvalue weighted by molar-refractivity contribution is 6.30. The van der Waals surface area contributed by atoms with Gasteiger partial charge in [-0.3, -0.25) is 14.4 Å². The van der Waals surface area contributed by atoms with Crippen LogP contribution >= 0.6 is 11.6 Å². The number of hydrogen-bond acceptors (Lipinski definition) is 4. The number of aromatic nitrogens is 2. The van der Waals surface area contributed by atoms with Gasteiger partial charge in [-0.2, -0.15) is 18.3 Å². The Morgan fingerprint density at radius 3 is 2.74 bits per heavy atom. The number of rotatable bonds is 6. The van der Waals surface area contributed by atoms with E-state index in [4.69, 9.17) is 11.6 Å². The molecule has 0 unspecified atom stereocenters. The van der Waals surface area contributed by atoms with E-state index in [9.17, 15) is 18.0 Å². The summed E-state index contributed by atoms with van der Waals surface area (Å²) >= 11 is 5.62. The maximum absolute atomic E-state index is 12.4. The van der Waals surface area contributed by atoms with E-state index in [-0.39, 0.29) is 13.3 Å². The predicted molar refractivity (Wildman–Crippen MR) is 61.5 cm³/mol. The maximum Gasteiger partial charge on any atom is 0.401 e. The van der Waals surface area contributed by atoms with Gasteiger partial charge in [0, 0.05) is 6.20 Å². The zero-order valence-electron chi connectivity index (χ0n) is 10.2. The molecule has 0 amide bonds. The zero-order valence-corrected chi connectivity index (χ0v) is 10.9. The van der Waals surface area contributed by atoms with Crippen LogP contribution in [0.2, 0.25) is 5.02 Å². The van der Waals surface area contributed by atoms with Crippen LogP contribution in [0.15, 0.2) is 12.4 Å². The summed E-state index contributed by atoms with van der Waals surface area (Å²) < 4.78 is 43.0. The van der Waals surface area contributed by atoms with Gasteiger partial charge in [0.1, 0.15) is 0 Å². The number of esters is 1. The highest BCUT2D eigenvalue weighted by Gasteiger charge is 2.32. The third kappa shape index (κ3) is 6.44. The van der Waals surface area contributed by atoms with Crippen molar-refractivity contribution in [3.05, 3.63) is 17.4 Å². The lowest BCUT2D eigenvalue weighted by Crippen LogP contribution is -2.39. The van der Waals surface area contributed by atoms with Crippen molar-refractivity contribution in [1.29, 1.82) is 0 Å². The van der Waals surface area contributed by atoms with E-state index in [1.165, 1.54) is 17.1 Å². The third-order valence-electron chi connectivity index (χ3n) is 2.01. The van der Waals surface area contributed by atoms with Crippen LogP contribution in [0, 0.1) is 0 Å². The summed E-state index contributed by atoms with van der Waals surface area (Å²) in [6.45, 7) is -0.204. The Kier molecular flexibility index (Phi) is 5.61. The van der Waals surface area contributed by atoms with Crippen LogP contribution in [0.4, 0.5) is 13.2 Å². The fraction of sp³-hybridized carbons (Fsp3) is 0.600. The molecule has 0 N–H and O–H groups in total. The molecule has 19 heavy (non-hydrogen) atoms. The molecule has 1 rings (SSSR count). The van der Waals surface area contributed by atoms with E-state index in [0.29, 0.717) is 5.02 Å². The molecule has 0 saturated carbocycles. The first-order valence-corrected chi connectivity index (χ1v) is 5.80. The molecule has 0 bridgehead atoms. The standard InChI is InChI=1S/C10H13ClF3N3O2/c1-2-19-9(18)5-16(6-10(12,13)14)7-17-4-8(11)3-15-17/h3-4H,2,5-7H2,1H3. The minimum Gasteiger partial charge on any atom is -0.465 e. The summed E-state index contributed by atoms with van der Waals surface area (Å²) in [5.74, 6) is -0.718. The summed E-state index contributed by atoms with van der Waals surface area (Å²) in [6.07, 6.45) is -1.74. The first kappa shape index (κ1) is 15.8. The topological polar surface area (TPSA) is 47.4 Å². The average molecular weight is 300 g/mol. The van der Waals surface area contributed by atoms with E-state index >= 15 is 0 Å². The molecular formula is C10H13ClF3N3O2. The molecule has 0 spiro atoms. The quantitative estimate of drug-likeness (QED) is 0.753. The second-order valence-electron chi connectivity index (χ2n) is 3.75. The highest BCUT2D eigenvalue weighted by atomic mass is 35.5. The van der Waals surface area contributed by atoms with E-state index in [0.717, 1.165) is 4.90 Å². The molecule has 1 heterocycles. The second kappa shape index (κ2) is 6.76. The summed E-state index contributed by atoms with van der Waals surface area (Å²) in [5.41, 5.74) is 0. The molecule has 9 heteroatoms.